The van der Waals surface area contributed by atoms with Crippen LogP contribution in [-0.4, -0.2) is 48.8 Å². The Labute approximate surface area is 154 Å². The Balaban J connectivity index is 1.87. The van der Waals surface area contributed by atoms with Crippen molar-refractivity contribution in [3.8, 4) is 5.75 Å². The van der Waals surface area contributed by atoms with Crippen molar-refractivity contribution in [2.75, 3.05) is 13.2 Å². The highest BCUT2D eigenvalue weighted by atomic mass is 19.1. The summed E-state index contributed by atoms with van der Waals surface area (Å²) in [7, 11) is -1.06. The van der Waals surface area contributed by atoms with E-state index in [2.05, 4.69) is 0 Å². The summed E-state index contributed by atoms with van der Waals surface area (Å²) in [5, 5.41) is 9.90. The number of halogens is 1. The van der Waals surface area contributed by atoms with E-state index >= 15 is 4.39 Å². The zero-order valence-electron chi connectivity index (χ0n) is 15.9. The first-order valence-corrected chi connectivity index (χ1v) is 8.86. The highest BCUT2D eigenvalue weighted by Gasteiger charge is 2.53. The standard InChI is InChI=1S/C19H26BFO5/c1-12(17(21)20-25-18(2,3)19(4,5)26-20)13-8-6-7-9-15(13)24-16-11-23-10-14(16)22/h6-9,14,16,22H,10-11H2,1-5H3. The van der Waals surface area contributed by atoms with Crippen LogP contribution in [-0.2, 0) is 14.0 Å². The van der Waals surface area contributed by atoms with Crippen LogP contribution < -0.4 is 4.74 Å². The normalized spacial score (nSPS) is 28.2. The average molecular weight is 364 g/mol. The average Bonchev–Trinajstić information content (AvgIpc) is 3.07. The van der Waals surface area contributed by atoms with Crippen LogP contribution in [0.3, 0.4) is 0 Å². The van der Waals surface area contributed by atoms with Crippen LogP contribution >= 0.6 is 0 Å². The van der Waals surface area contributed by atoms with Gasteiger partial charge < -0.3 is 23.9 Å². The maximum atomic E-state index is 15.1. The summed E-state index contributed by atoms with van der Waals surface area (Å²) < 4.78 is 37.8. The van der Waals surface area contributed by atoms with Gasteiger partial charge in [-0.25, -0.2) is 4.39 Å². The number of aliphatic hydroxyl groups is 1. The number of para-hydroxylation sites is 1. The van der Waals surface area contributed by atoms with Gasteiger partial charge in [-0.05, 0) is 46.3 Å². The Hall–Kier alpha value is -1.41. The fourth-order valence-electron chi connectivity index (χ4n) is 2.93. The fourth-order valence-corrected chi connectivity index (χ4v) is 2.93. The van der Waals surface area contributed by atoms with Gasteiger partial charge in [-0.15, -0.1) is 0 Å². The van der Waals surface area contributed by atoms with Crippen molar-refractivity contribution in [3.05, 3.63) is 35.6 Å². The van der Waals surface area contributed by atoms with Gasteiger partial charge >= 0.3 is 7.12 Å². The summed E-state index contributed by atoms with van der Waals surface area (Å²) in [6.07, 6.45) is -1.16. The van der Waals surface area contributed by atoms with Crippen LogP contribution in [0.1, 0.15) is 40.2 Å². The molecule has 7 heteroatoms. The molecule has 0 bridgehead atoms. The molecular formula is C19H26BFO5. The van der Waals surface area contributed by atoms with Crippen molar-refractivity contribution < 1.29 is 28.3 Å². The third kappa shape index (κ3) is 3.54. The molecule has 0 aliphatic carbocycles. The molecule has 0 spiro atoms. The van der Waals surface area contributed by atoms with Crippen molar-refractivity contribution in [1.29, 1.82) is 0 Å². The number of rotatable bonds is 4. The number of aliphatic hydroxyl groups excluding tert-OH is 1. The largest absolute Gasteiger partial charge is 0.525 e. The highest BCUT2D eigenvalue weighted by molar-refractivity contribution is 6.55. The number of ether oxygens (including phenoxy) is 2. The van der Waals surface area contributed by atoms with E-state index in [4.69, 9.17) is 18.8 Å². The number of hydrogen-bond donors (Lipinski definition) is 1. The van der Waals surface area contributed by atoms with Crippen molar-refractivity contribution in [1.82, 2.24) is 0 Å². The molecule has 1 aromatic carbocycles. The van der Waals surface area contributed by atoms with Gasteiger partial charge in [0.05, 0.1) is 24.4 Å². The number of allylic oxidation sites excluding steroid dienone is 1. The van der Waals surface area contributed by atoms with E-state index in [1.165, 1.54) is 0 Å². The molecule has 0 amide bonds. The molecule has 142 valence electrons. The summed E-state index contributed by atoms with van der Waals surface area (Å²) >= 11 is 0. The summed E-state index contributed by atoms with van der Waals surface area (Å²) in [5.74, 6) is 0.492. The molecule has 2 fully saturated rings. The molecule has 2 atom stereocenters. The van der Waals surface area contributed by atoms with E-state index in [9.17, 15) is 5.11 Å². The quantitative estimate of drug-likeness (QED) is 0.832. The van der Waals surface area contributed by atoms with E-state index in [1.54, 1.807) is 25.1 Å². The van der Waals surface area contributed by atoms with Crippen molar-refractivity contribution >= 4 is 12.7 Å². The SMILES string of the molecule is CC(=C(F)B1OC(C)(C)C(C)(C)O1)c1ccccc1OC1COCC1O. The Morgan fingerprint density at radius 1 is 1.15 bits per heavy atom. The van der Waals surface area contributed by atoms with Gasteiger partial charge in [-0.2, -0.15) is 0 Å². The third-order valence-electron chi connectivity index (χ3n) is 5.39. The maximum absolute atomic E-state index is 15.1. The molecule has 2 unspecified atom stereocenters. The Morgan fingerprint density at radius 3 is 2.35 bits per heavy atom. The van der Waals surface area contributed by atoms with Crippen molar-refractivity contribution in [2.45, 2.75) is 58.0 Å². The predicted octanol–water partition coefficient (Wildman–Crippen LogP) is 3.16. The summed E-state index contributed by atoms with van der Waals surface area (Å²) in [5.41, 5.74) is -0.734. The topological polar surface area (TPSA) is 57.2 Å². The zero-order chi connectivity index (χ0) is 19.1. The van der Waals surface area contributed by atoms with E-state index < -0.39 is 36.3 Å². The molecule has 26 heavy (non-hydrogen) atoms. The van der Waals surface area contributed by atoms with Crippen molar-refractivity contribution in [3.63, 3.8) is 0 Å². The first-order chi connectivity index (χ1) is 12.1. The lowest BCUT2D eigenvalue weighted by molar-refractivity contribution is 0.00578. The van der Waals surface area contributed by atoms with Gasteiger partial charge in [0.1, 0.15) is 23.7 Å². The minimum absolute atomic E-state index is 0.240. The fraction of sp³-hybridized carbons (Fsp3) is 0.579. The summed E-state index contributed by atoms with van der Waals surface area (Å²) in [6.45, 7) is 9.75. The summed E-state index contributed by atoms with van der Waals surface area (Å²) in [6, 6.07) is 7.14. The van der Waals surface area contributed by atoms with Crippen LogP contribution in [0.5, 0.6) is 5.75 Å². The van der Waals surface area contributed by atoms with Crippen LogP contribution in [0.4, 0.5) is 4.39 Å². The Kier molecular flexibility index (Phi) is 5.18. The Morgan fingerprint density at radius 2 is 1.77 bits per heavy atom. The van der Waals surface area contributed by atoms with Crippen LogP contribution in [0.15, 0.2) is 30.0 Å². The lowest BCUT2D eigenvalue weighted by Crippen LogP contribution is -2.41. The maximum Gasteiger partial charge on any atom is 0.525 e. The molecule has 0 aromatic heterocycles. The highest BCUT2D eigenvalue weighted by Crippen LogP contribution is 2.41. The third-order valence-corrected chi connectivity index (χ3v) is 5.39. The second kappa shape index (κ2) is 6.96. The van der Waals surface area contributed by atoms with Gasteiger partial charge in [0, 0.05) is 5.56 Å². The van der Waals surface area contributed by atoms with Gasteiger partial charge in [-0.1, -0.05) is 18.2 Å². The molecule has 2 saturated heterocycles. The number of hydrogen-bond acceptors (Lipinski definition) is 5. The summed E-state index contributed by atoms with van der Waals surface area (Å²) in [4.78, 5) is 0. The number of benzene rings is 1. The van der Waals surface area contributed by atoms with Gasteiger partial charge in [-0.3, -0.25) is 0 Å². The van der Waals surface area contributed by atoms with Crippen LogP contribution in [0, 0.1) is 0 Å². The van der Waals surface area contributed by atoms with E-state index in [0.717, 1.165) is 0 Å². The second-order valence-corrected chi connectivity index (χ2v) is 7.82. The van der Waals surface area contributed by atoms with E-state index in [-0.39, 0.29) is 6.61 Å². The predicted molar refractivity (Wildman–Crippen MR) is 97.5 cm³/mol. The van der Waals surface area contributed by atoms with E-state index in [0.29, 0.717) is 23.5 Å². The lowest BCUT2D eigenvalue weighted by atomic mass is 9.83. The second-order valence-electron chi connectivity index (χ2n) is 7.82. The molecule has 1 N–H and O–H groups in total. The first kappa shape index (κ1) is 19.4. The molecule has 3 rings (SSSR count). The molecular weight excluding hydrogens is 338 g/mol. The molecule has 1 aromatic rings. The van der Waals surface area contributed by atoms with Crippen LogP contribution in [0.25, 0.3) is 5.57 Å². The van der Waals surface area contributed by atoms with E-state index in [1.807, 2.05) is 33.8 Å². The van der Waals surface area contributed by atoms with Crippen molar-refractivity contribution in [2.24, 2.45) is 0 Å². The molecule has 2 aliphatic heterocycles. The minimum atomic E-state index is -1.06. The molecule has 0 saturated carbocycles. The molecule has 2 aliphatic rings. The van der Waals surface area contributed by atoms with Crippen LogP contribution in [0.2, 0.25) is 0 Å². The lowest BCUT2D eigenvalue weighted by Gasteiger charge is -2.32. The molecule has 0 radical (unpaired) electrons. The first-order valence-electron chi connectivity index (χ1n) is 8.86. The van der Waals surface area contributed by atoms with Gasteiger partial charge in [0.25, 0.3) is 0 Å². The smallest absolute Gasteiger partial charge is 0.485 e. The Bertz CT molecular complexity index is 687. The van der Waals surface area contributed by atoms with Gasteiger partial charge in [0.15, 0.2) is 0 Å². The monoisotopic (exact) mass is 364 g/mol. The minimum Gasteiger partial charge on any atom is -0.485 e. The zero-order valence-corrected chi connectivity index (χ0v) is 15.9. The molecule has 5 nitrogen and oxygen atoms in total. The van der Waals surface area contributed by atoms with Gasteiger partial charge in [0.2, 0.25) is 0 Å². The molecule has 2 heterocycles.